The first kappa shape index (κ1) is 21.0. The number of benzene rings is 1. The van der Waals surface area contributed by atoms with Crippen molar-refractivity contribution in [3.8, 4) is 22.5 Å². The minimum Gasteiger partial charge on any atom is -0.710 e. The predicted molar refractivity (Wildman–Crippen MR) is 114 cm³/mol. The molecular weight excluding hydrogens is 401 g/mol. The predicted octanol–water partition coefficient (Wildman–Crippen LogP) is 2.28. The number of imidazole rings is 1. The molecule has 0 radical (unpaired) electrons. The average molecular weight is 425 g/mol. The van der Waals surface area contributed by atoms with Crippen molar-refractivity contribution < 1.29 is 18.7 Å². The van der Waals surface area contributed by atoms with Crippen LogP contribution in [0.3, 0.4) is 0 Å². The summed E-state index contributed by atoms with van der Waals surface area (Å²) in [7, 11) is 0. The first-order chi connectivity index (χ1) is 15.0. The Morgan fingerprint density at radius 1 is 1.19 bits per heavy atom. The van der Waals surface area contributed by atoms with E-state index in [1.165, 1.54) is 25.4 Å². The molecule has 1 saturated heterocycles. The Morgan fingerprint density at radius 2 is 1.94 bits per heavy atom. The van der Waals surface area contributed by atoms with E-state index in [1.54, 1.807) is 30.5 Å². The number of hydrogen-bond donors (Lipinski definition) is 1. The SMILES string of the molecule is CC(=O)Nc1cc(-c2c(-c3ccc(F)cc3)[n+]([O-])cn2CCN2CCOCC2)ccn1. The molecule has 1 aromatic carbocycles. The quantitative estimate of drug-likeness (QED) is 0.484. The van der Waals surface area contributed by atoms with Gasteiger partial charge >= 0.3 is 0 Å². The van der Waals surface area contributed by atoms with E-state index in [2.05, 4.69) is 15.2 Å². The van der Waals surface area contributed by atoms with E-state index in [1.807, 2.05) is 4.57 Å². The molecule has 8 nitrogen and oxygen atoms in total. The van der Waals surface area contributed by atoms with Crippen molar-refractivity contribution in [3.05, 3.63) is 59.9 Å². The number of aromatic nitrogens is 3. The Bertz CT molecular complexity index is 1060. The minimum absolute atomic E-state index is 0.231. The molecule has 1 N–H and O–H groups in total. The van der Waals surface area contributed by atoms with Crippen LogP contribution in [0.4, 0.5) is 10.2 Å². The topological polar surface area (TPSA) is 86.3 Å². The van der Waals surface area contributed by atoms with Gasteiger partial charge in [0.15, 0.2) is 11.4 Å². The van der Waals surface area contributed by atoms with Gasteiger partial charge in [-0.3, -0.25) is 9.69 Å². The highest BCUT2D eigenvalue weighted by Gasteiger charge is 2.25. The van der Waals surface area contributed by atoms with Crippen molar-refractivity contribution in [1.29, 1.82) is 0 Å². The van der Waals surface area contributed by atoms with Gasteiger partial charge in [-0.05, 0) is 36.4 Å². The number of rotatable bonds is 6. The van der Waals surface area contributed by atoms with Gasteiger partial charge in [-0.1, -0.05) is 0 Å². The van der Waals surface area contributed by atoms with Crippen LogP contribution in [0.2, 0.25) is 0 Å². The van der Waals surface area contributed by atoms with Gasteiger partial charge in [0, 0.05) is 43.9 Å². The van der Waals surface area contributed by atoms with Gasteiger partial charge in [-0.15, -0.1) is 0 Å². The van der Waals surface area contributed by atoms with Crippen molar-refractivity contribution >= 4 is 11.7 Å². The summed E-state index contributed by atoms with van der Waals surface area (Å²) in [5.41, 5.74) is 2.44. The van der Waals surface area contributed by atoms with Gasteiger partial charge in [-0.2, -0.15) is 0 Å². The highest BCUT2D eigenvalue weighted by atomic mass is 19.1. The van der Waals surface area contributed by atoms with E-state index in [9.17, 15) is 14.4 Å². The first-order valence-electron chi connectivity index (χ1n) is 10.1. The maximum Gasteiger partial charge on any atom is 0.247 e. The number of amides is 1. The highest BCUT2D eigenvalue weighted by molar-refractivity contribution is 5.88. The molecule has 31 heavy (non-hydrogen) atoms. The molecule has 3 aromatic rings. The van der Waals surface area contributed by atoms with Crippen molar-refractivity contribution in [1.82, 2.24) is 14.5 Å². The summed E-state index contributed by atoms with van der Waals surface area (Å²) < 4.78 is 21.6. The second-order valence-corrected chi connectivity index (χ2v) is 7.40. The summed E-state index contributed by atoms with van der Waals surface area (Å²) >= 11 is 0. The van der Waals surface area contributed by atoms with E-state index < -0.39 is 0 Å². The van der Waals surface area contributed by atoms with Gasteiger partial charge in [0.1, 0.15) is 18.2 Å². The van der Waals surface area contributed by atoms with Crippen LogP contribution < -0.4 is 10.0 Å². The van der Waals surface area contributed by atoms with Crippen LogP contribution in [0.5, 0.6) is 0 Å². The molecule has 162 valence electrons. The van der Waals surface area contributed by atoms with Crippen molar-refractivity contribution in [2.75, 3.05) is 38.2 Å². The van der Waals surface area contributed by atoms with Crippen LogP contribution >= 0.6 is 0 Å². The number of anilines is 1. The summed E-state index contributed by atoms with van der Waals surface area (Å²) in [6.45, 7) is 5.86. The van der Waals surface area contributed by atoms with Gasteiger partial charge < -0.3 is 15.3 Å². The van der Waals surface area contributed by atoms with E-state index in [0.29, 0.717) is 42.5 Å². The molecular formula is C22H24FN5O3. The number of halogens is 1. The highest BCUT2D eigenvalue weighted by Crippen LogP contribution is 2.31. The number of nitrogens with one attached hydrogen (secondary N) is 1. The molecule has 2 aromatic heterocycles. The lowest BCUT2D eigenvalue weighted by Crippen LogP contribution is -2.38. The number of morpholine rings is 1. The first-order valence-corrected chi connectivity index (χ1v) is 10.1. The summed E-state index contributed by atoms with van der Waals surface area (Å²) in [4.78, 5) is 17.9. The standard InChI is InChI=1S/C22H24FN5O3/c1-16(29)25-20-14-18(6-7-24-20)21-22(17-2-4-19(23)5-3-17)28(30)15-27(21)9-8-26-10-12-31-13-11-26/h2-7,14-15H,8-13H2,1H3,(H,24,25,29). The zero-order valence-electron chi connectivity index (χ0n) is 17.3. The molecule has 0 aliphatic carbocycles. The third-order valence-electron chi connectivity index (χ3n) is 5.19. The number of ether oxygens (including phenoxy) is 1. The Hall–Kier alpha value is -3.30. The molecule has 1 fully saturated rings. The summed E-state index contributed by atoms with van der Waals surface area (Å²) in [5.74, 6) is -0.204. The number of carbonyl (C=O) groups excluding carboxylic acids is 1. The molecule has 1 aliphatic rings. The molecule has 0 bridgehead atoms. The summed E-state index contributed by atoms with van der Waals surface area (Å²) in [6, 6.07) is 9.36. The maximum atomic E-state index is 13.5. The molecule has 4 rings (SSSR count). The van der Waals surface area contributed by atoms with Gasteiger partial charge in [-0.25, -0.2) is 18.7 Å². The molecule has 1 amide bonds. The van der Waals surface area contributed by atoms with Crippen LogP contribution in [0.1, 0.15) is 6.92 Å². The number of pyridine rings is 1. The lowest BCUT2D eigenvalue weighted by atomic mass is 10.1. The summed E-state index contributed by atoms with van der Waals surface area (Å²) in [6.07, 6.45) is 3.09. The maximum absolute atomic E-state index is 13.5. The van der Waals surface area contributed by atoms with E-state index in [0.717, 1.165) is 29.9 Å². The fourth-order valence-electron chi connectivity index (χ4n) is 3.73. The van der Waals surface area contributed by atoms with Crippen LogP contribution in [-0.4, -0.2) is 53.2 Å². The Kier molecular flexibility index (Phi) is 6.24. The van der Waals surface area contributed by atoms with E-state index >= 15 is 0 Å². The fourth-order valence-corrected chi connectivity index (χ4v) is 3.73. The van der Waals surface area contributed by atoms with Crippen LogP contribution in [-0.2, 0) is 16.1 Å². The minimum atomic E-state index is -0.369. The third kappa shape index (κ3) is 4.89. The Labute approximate surface area is 179 Å². The average Bonchev–Trinajstić information content (AvgIpc) is 3.09. The molecule has 3 heterocycles. The molecule has 0 atom stereocenters. The molecule has 0 spiro atoms. The Morgan fingerprint density at radius 3 is 2.65 bits per heavy atom. The van der Waals surface area contributed by atoms with Crippen LogP contribution in [0.25, 0.3) is 22.5 Å². The zero-order valence-corrected chi connectivity index (χ0v) is 17.3. The largest absolute Gasteiger partial charge is 0.710 e. The lowest BCUT2D eigenvalue weighted by Gasteiger charge is -2.25. The fraction of sp³-hybridized carbons (Fsp3) is 0.318. The molecule has 0 saturated carbocycles. The smallest absolute Gasteiger partial charge is 0.247 e. The lowest BCUT2D eigenvalue weighted by molar-refractivity contribution is -0.593. The number of hydrogen-bond acceptors (Lipinski definition) is 5. The Balaban J connectivity index is 1.75. The second kappa shape index (κ2) is 9.23. The van der Waals surface area contributed by atoms with Crippen molar-refractivity contribution in [2.24, 2.45) is 0 Å². The normalized spacial score (nSPS) is 14.5. The molecule has 1 aliphatic heterocycles. The molecule has 0 unspecified atom stereocenters. The van der Waals surface area contributed by atoms with Crippen LogP contribution in [0, 0.1) is 11.0 Å². The van der Waals surface area contributed by atoms with Gasteiger partial charge in [0.2, 0.25) is 12.2 Å². The monoisotopic (exact) mass is 425 g/mol. The van der Waals surface area contributed by atoms with Gasteiger partial charge in [0.25, 0.3) is 0 Å². The van der Waals surface area contributed by atoms with Crippen molar-refractivity contribution in [2.45, 2.75) is 13.5 Å². The van der Waals surface area contributed by atoms with E-state index in [4.69, 9.17) is 4.74 Å². The number of carbonyl (C=O) groups is 1. The van der Waals surface area contributed by atoms with Crippen molar-refractivity contribution in [3.63, 3.8) is 0 Å². The van der Waals surface area contributed by atoms with Gasteiger partial charge in [0.05, 0.1) is 13.2 Å². The van der Waals surface area contributed by atoms with Crippen LogP contribution in [0.15, 0.2) is 48.9 Å². The second-order valence-electron chi connectivity index (χ2n) is 7.40. The third-order valence-corrected chi connectivity index (χ3v) is 5.19. The zero-order chi connectivity index (χ0) is 21.8. The number of nitrogens with zero attached hydrogens (tertiary/aromatic N) is 4. The molecule has 9 heteroatoms. The van der Waals surface area contributed by atoms with E-state index in [-0.39, 0.29) is 11.7 Å². The summed E-state index contributed by atoms with van der Waals surface area (Å²) in [5, 5.41) is 15.6.